The van der Waals surface area contributed by atoms with Gasteiger partial charge in [0.15, 0.2) is 0 Å². The minimum absolute atomic E-state index is 0. The van der Waals surface area contributed by atoms with Crippen LogP contribution in [0.4, 0.5) is 0 Å². The Labute approximate surface area is 55.6 Å². The van der Waals surface area contributed by atoms with Crippen molar-refractivity contribution in [2.24, 2.45) is 0 Å². The van der Waals surface area contributed by atoms with Gasteiger partial charge in [0.05, 0.1) is 0 Å². The molecule has 0 heterocycles. The van der Waals surface area contributed by atoms with Crippen molar-refractivity contribution in [1.82, 2.24) is 0 Å². The Morgan fingerprint density at radius 3 is 1.25 bits per heavy atom. The van der Waals surface area contributed by atoms with E-state index in [-0.39, 0.29) is 35.9 Å². The van der Waals surface area contributed by atoms with Crippen molar-refractivity contribution in [3.05, 3.63) is 0 Å². The van der Waals surface area contributed by atoms with E-state index in [1.807, 2.05) is 0 Å². The van der Waals surface area contributed by atoms with Crippen LogP contribution >= 0.6 is 0 Å². The van der Waals surface area contributed by atoms with Crippen molar-refractivity contribution in [3.8, 4) is 0 Å². The molecule has 0 aromatic rings. The summed E-state index contributed by atoms with van der Waals surface area (Å²) in [4.78, 5) is 0. The molecule has 1 radical (unpaired) electrons. The molecule has 4 heavy (non-hydrogen) atoms. The van der Waals surface area contributed by atoms with Crippen molar-refractivity contribution in [2.45, 2.75) is 0 Å². The van der Waals surface area contributed by atoms with Crippen LogP contribution in [0.2, 0.25) is 0 Å². The average Bonchev–Trinajstić information content (AvgIpc) is 1.00. The molecule has 0 spiro atoms. The standard InChI is InChI=1S/Cr.Mn.O.V. The van der Waals surface area contributed by atoms with Crippen LogP contribution in [-0.2, 0) is 55.7 Å². The van der Waals surface area contributed by atoms with Crippen molar-refractivity contribution < 1.29 is 55.7 Å². The van der Waals surface area contributed by atoms with Gasteiger partial charge in [0.2, 0.25) is 0 Å². The fourth-order valence-corrected chi connectivity index (χ4v) is 0. The summed E-state index contributed by atoms with van der Waals surface area (Å²) in [5.74, 6) is 0. The minimum Gasteiger partial charge on any atom is 0 e. The van der Waals surface area contributed by atoms with E-state index in [0.717, 1.165) is 0 Å². The van der Waals surface area contributed by atoms with E-state index in [1.54, 1.807) is 15.9 Å². The van der Waals surface area contributed by atoms with Crippen LogP contribution in [-0.4, -0.2) is 0 Å². The van der Waals surface area contributed by atoms with Crippen LogP contribution in [0.5, 0.6) is 0 Å². The maximum absolute atomic E-state index is 8.06. The Hall–Kier alpha value is 1.44. The predicted octanol–water partition coefficient (Wildman–Crippen LogP) is -0.126. The molecule has 0 aliphatic heterocycles. The fraction of sp³-hybridized carbons (Fsp3) is 0. The van der Waals surface area contributed by atoms with Gasteiger partial charge in [-0.2, -0.15) is 0 Å². The zero-order valence-corrected chi connectivity index (χ0v) is 5.49. The van der Waals surface area contributed by atoms with E-state index >= 15 is 0 Å². The molecule has 0 saturated carbocycles. The van der Waals surface area contributed by atoms with Gasteiger partial charge in [-0.15, -0.1) is 0 Å². The predicted molar refractivity (Wildman–Crippen MR) is 0.686 cm³/mol. The second-order valence-corrected chi connectivity index (χ2v) is 0. The Morgan fingerprint density at radius 1 is 1.25 bits per heavy atom. The van der Waals surface area contributed by atoms with Gasteiger partial charge in [0.25, 0.3) is 0 Å². The van der Waals surface area contributed by atoms with E-state index in [4.69, 9.17) is 3.83 Å². The third kappa shape index (κ3) is 9.89. The number of hydrogen-bond acceptors (Lipinski definition) is 1. The van der Waals surface area contributed by atoms with Gasteiger partial charge in [-0.25, -0.2) is 0 Å². The molecule has 0 fully saturated rings. The molecule has 4 heteroatoms. The summed E-state index contributed by atoms with van der Waals surface area (Å²) in [5.41, 5.74) is 0. The van der Waals surface area contributed by atoms with Gasteiger partial charge in [-0.3, -0.25) is 0 Å². The minimum atomic E-state index is 0. The summed E-state index contributed by atoms with van der Waals surface area (Å²) in [7, 11) is 0. The maximum Gasteiger partial charge on any atom is 0 e. The summed E-state index contributed by atoms with van der Waals surface area (Å²) in [6, 6.07) is 0. The van der Waals surface area contributed by atoms with Gasteiger partial charge in [0, 0.05) is 35.9 Å². The molecule has 0 N–H and O–H groups in total. The van der Waals surface area contributed by atoms with Crippen LogP contribution in [0.1, 0.15) is 0 Å². The summed E-state index contributed by atoms with van der Waals surface area (Å²) in [6.45, 7) is 0. The van der Waals surface area contributed by atoms with E-state index in [1.165, 1.54) is 0 Å². The van der Waals surface area contributed by atoms with Crippen LogP contribution in [0.15, 0.2) is 0 Å². The molecule has 0 rings (SSSR count). The largest absolute Gasteiger partial charge is 0 e. The van der Waals surface area contributed by atoms with Gasteiger partial charge >= 0.3 is 19.8 Å². The zero-order valence-electron chi connectivity index (χ0n) is 1.64. The van der Waals surface area contributed by atoms with E-state index in [2.05, 4.69) is 0 Å². The molecule has 0 bridgehead atoms. The Balaban J connectivity index is -0.00000000500. The molecule has 0 aliphatic rings. The first kappa shape index (κ1) is 18.0. The molecule has 0 amide bonds. The van der Waals surface area contributed by atoms with Gasteiger partial charge < -0.3 is 0 Å². The Bertz CT molecular complexity index is 8.00. The van der Waals surface area contributed by atoms with Crippen molar-refractivity contribution in [3.63, 3.8) is 0 Å². The molecule has 0 atom stereocenters. The first-order valence-electron chi connectivity index (χ1n) is 0.154. The van der Waals surface area contributed by atoms with Crippen molar-refractivity contribution >= 4 is 0 Å². The number of rotatable bonds is 0. The topological polar surface area (TPSA) is 17.1 Å². The maximum atomic E-state index is 8.06. The van der Waals surface area contributed by atoms with Crippen LogP contribution in [0, 0.1) is 0 Å². The summed E-state index contributed by atoms with van der Waals surface area (Å²) in [5, 5.41) is 0. The van der Waals surface area contributed by atoms with E-state index in [9.17, 15) is 0 Å². The van der Waals surface area contributed by atoms with Gasteiger partial charge in [-0.1, -0.05) is 0 Å². The van der Waals surface area contributed by atoms with E-state index < -0.39 is 0 Å². The Morgan fingerprint density at radius 2 is 1.25 bits per heavy atom. The molecule has 0 aromatic carbocycles. The summed E-state index contributed by atoms with van der Waals surface area (Å²) < 4.78 is 8.06. The third-order valence-electron chi connectivity index (χ3n) is 0. The number of hydrogen-bond donors (Lipinski definition) is 0. The third-order valence-corrected chi connectivity index (χ3v) is 0. The van der Waals surface area contributed by atoms with Crippen LogP contribution < -0.4 is 0 Å². The van der Waals surface area contributed by atoms with Gasteiger partial charge in [0.1, 0.15) is 0 Å². The summed E-state index contributed by atoms with van der Waals surface area (Å²) >= 11 is 1.69. The normalized spacial score (nSPS) is 1.00. The molecule has 0 unspecified atom stereocenters. The molecular weight excluding hydrogens is 174 g/mol. The second kappa shape index (κ2) is 25.4. The molecule has 0 aromatic heterocycles. The molecule has 0 aliphatic carbocycles. The first-order valence-corrected chi connectivity index (χ1v) is 0.636. The SMILES string of the molecule is [Cr].[O]=[Mn].[V]. The van der Waals surface area contributed by atoms with Crippen molar-refractivity contribution in [2.75, 3.05) is 0 Å². The average molecular weight is 174 g/mol. The molecule has 0 saturated heterocycles. The van der Waals surface area contributed by atoms with Crippen LogP contribution in [0.3, 0.4) is 0 Å². The monoisotopic (exact) mass is 174 g/mol. The zero-order chi connectivity index (χ0) is 2.00. The smallest absolute Gasteiger partial charge is 0 e. The molecular formula is CrMnOV. The fourth-order valence-electron chi connectivity index (χ4n) is 0. The first-order chi connectivity index (χ1) is 1.00. The van der Waals surface area contributed by atoms with Crippen molar-refractivity contribution in [1.29, 1.82) is 0 Å². The Kier molecular flexibility index (Phi) is 114. The second-order valence-electron chi connectivity index (χ2n) is 0. The molecule has 24 valence electrons. The summed E-state index contributed by atoms with van der Waals surface area (Å²) in [6.07, 6.45) is 0. The quantitative estimate of drug-likeness (QED) is 0.467. The van der Waals surface area contributed by atoms with Crippen LogP contribution in [0.25, 0.3) is 0 Å². The van der Waals surface area contributed by atoms with E-state index in [0.29, 0.717) is 0 Å². The van der Waals surface area contributed by atoms with Gasteiger partial charge in [-0.05, 0) is 0 Å². The molecule has 1 nitrogen and oxygen atoms in total.